The number of nitrogens with zero attached hydrogens (tertiary/aromatic N) is 2. The van der Waals surface area contributed by atoms with Gasteiger partial charge in [0, 0.05) is 12.1 Å². The highest BCUT2D eigenvalue weighted by atomic mass is 32.2. The van der Waals surface area contributed by atoms with Gasteiger partial charge < -0.3 is 0 Å². The molecule has 0 aliphatic rings. The van der Waals surface area contributed by atoms with Crippen LogP contribution in [0.25, 0.3) is 0 Å². The molecule has 0 atom stereocenters. The molecule has 0 aliphatic carbocycles. The molecular formula is C15H14N2O4S. The summed E-state index contributed by atoms with van der Waals surface area (Å²) in [4.78, 5) is 10.1. The molecule has 0 N–H and O–H groups in total. The first kappa shape index (κ1) is 15.7. The molecule has 0 aliphatic heterocycles. The summed E-state index contributed by atoms with van der Waals surface area (Å²) in [7, 11) is -3.91. The van der Waals surface area contributed by atoms with Crippen LogP contribution in [-0.2, 0) is 10.0 Å². The number of nitro groups is 1. The van der Waals surface area contributed by atoms with Gasteiger partial charge in [-0.1, -0.05) is 30.3 Å². The van der Waals surface area contributed by atoms with E-state index in [1.54, 1.807) is 30.3 Å². The van der Waals surface area contributed by atoms with Gasteiger partial charge in [-0.2, -0.15) is 0 Å². The molecular weight excluding hydrogens is 304 g/mol. The zero-order valence-corrected chi connectivity index (χ0v) is 12.4. The van der Waals surface area contributed by atoms with Crippen LogP contribution in [0.4, 0.5) is 11.4 Å². The van der Waals surface area contributed by atoms with E-state index in [1.807, 2.05) is 0 Å². The highest BCUT2D eigenvalue weighted by molar-refractivity contribution is 7.92. The van der Waals surface area contributed by atoms with Crippen LogP contribution >= 0.6 is 0 Å². The maximum atomic E-state index is 12.8. The fraction of sp³-hybridized carbons (Fsp3) is 0.0667. The Bertz CT molecular complexity index is 788. The van der Waals surface area contributed by atoms with Crippen LogP contribution in [0.2, 0.25) is 0 Å². The molecule has 0 amide bonds. The Kier molecular flexibility index (Phi) is 4.57. The van der Waals surface area contributed by atoms with E-state index >= 15 is 0 Å². The largest absolute Gasteiger partial charge is 0.270 e. The molecule has 0 fully saturated rings. The van der Waals surface area contributed by atoms with E-state index in [2.05, 4.69) is 6.58 Å². The lowest BCUT2D eigenvalue weighted by Crippen LogP contribution is -2.31. The number of hydrogen-bond acceptors (Lipinski definition) is 4. The molecule has 0 saturated carbocycles. The Morgan fingerprint density at radius 2 is 1.82 bits per heavy atom. The van der Waals surface area contributed by atoms with E-state index in [4.69, 9.17) is 0 Å². The van der Waals surface area contributed by atoms with Gasteiger partial charge in [-0.25, -0.2) is 8.42 Å². The van der Waals surface area contributed by atoms with Gasteiger partial charge in [0.15, 0.2) is 0 Å². The van der Waals surface area contributed by atoms with E-state index in [9.17, 15) is 18.5 Å². The fourth-order valence-electron chi connectivity index (χ4n) is 1.94. The predicted molar refractivity (Wildman–Crippen MR) is 84.3 cm³/mol. The van der Waals surface area contributed by atoms with Crippen molar-refractivity contribution < 1.29 is 13.3 Å². The molecule has 7 heteroatoms. The molecule has 22 heavy (non-hydrogen) atoms. The third kappa shape index (κ3) is 3.15. The number of sulfonamides is 1. The number of nitro benzene ring substituents is 1. The SMILES string of the molecule is C=CCN(c1ccccc1)S(=O)(=O)c1cccc([N+](=O)[O-])c1. The van der Waals surface area contributed by atoms with Crippen LogP contribution in [0.1, 0.15) is 0 Å². The van der Waals surface area contributed by atoms with Crippen molar-refractivity contribution in [2.45, 2.75) is 4.90 Å². The van der Waals surface area contributed by atoms with Gasteiger partial charge in [0.25, 0.3) is 15.7 Å². The quantitative estimate of drug-likeness (QED) is 0.466. The van der Waals surface area contributed by atoms with Crippen molar-refractivity contribution in [1.82, 2.24) is 0 Å². The maximum Gasteiger partial charge on any atom is 0.270 e. The smallest absolute Gasteiger partial charge is 0.263 e. The van der Waals surface area contributed by atoms with Gasteiger partial charge in [0.05, 0.1) is 22.1 Å². The molecule has 0 unspecified atom stereocenters. The molecule has 2 aromatic carbocycles. The zero-order valence-electron chi connectivity index (χ0n) is 11.6. The molecule has 0 bridgehead atoms. The van der Waals surface area contributed by atoms with Crippen LogP contribution in [0.3, 0.4) is 0 Å². The van der Waals surface area contributed by atoms with Gasteiger partial charge in [-0.15, -0.1) is 6.58 Å². The summed E-state index contributed by atoms with van der Waals surface area (Å²) in [5.41, 5.74) is 0.196. The molecule has 0 heterocycles. The average molecular weight is 318 g/mol. The predicted octanol–water partition coefficient (Wildman–Crippen LogP) is 2.98. The number of para-hydroxylation sites is 1. The molecule has 6 nitrogen and oxygen atoms in total. The minimum Gasteiger partial charge on any atom is -0.263 e. The number of rotatable bonds is 6. The molecule has 0 radical (unpaired) electrons. The minimum absolute atomic E-state index is 0.0645. The first-order valence-corrected chi connectivity index (χ1v) is 7.84. The molecule has 114 valence electrons. The van der Waals surface area contributed by atoms with Crippen LogP contribution in [-0.4, -0.2) is 19.9 Å². The number of hydrogen-bond donors (Lipinski definition) is 0. The molecule has 2 rings (SSSR count). The monoisotopic (exact) mass is 318 g/mol. The second kappa shape index (κ2) is 6.40. The lowest BCUT2D eigenvalue weighted by Gasteiger charge is -2.23. The fourth-order valence-corrected chi connectivity index (χ4v) is 3.41. The van der Waals surface area contributed by atoms with E-state index in [0.717, 1.165) is 10.4 Å². The van der Waals surface area contributed by atoms with Crippen LogP contribution in [0, 0.1) is 10.1 Å². The van der Waals surface area contributed by atoms with E-state index in [-0.39, 0.29) is 17.1 Å². The number of non-ortho nitro benzene ring substituents is 1. The van der Waals surface area contributed by atoms with Gasteiger partial charge >= 0.3 is 0 Å². The number of benzene rings is 2. The van der Waals surface area contributed by atoms with Gasteiger partial charge in [-0.05, 0) is 18.2 Å². The first-order chi connectivity index (χ1) is 10.5. The summed E-state index contributed by atoms with van der Waals surface area (Å²) in [5, 5.41) is 10.8. The Hall–Kier alpha value is -2.67. The summed E-state index contributed by atoms with van der Waals surface area (Å²) < 4.78 is 26.7. The van der Waals surface area contributed by atoms with Crippen LogP contribution < -0.4 is 4.31 Å². The first-order valence-electron chi connectivity index (χ1n) is 6.40. The van der Waals surface area contributed by atoms with Crippen molar-refractivity contribution in [2.75, 3.05) is 10.8 Å². The summed E-state index contributed by atoms with van der Waals surface area (Å²) in [5.74, 6) is 0. The number of anilines is 1. The van der Waals surface area contributed by atoms with Crippen molar-refractivity contribution in [3.63, 3.8) is 0 Å². The van der Waals surface area contributed by atoms with E-state index in [0.29, 0.717) is 5.69 Å². The highest BCUT2D eigenvalue weighted by Crippen LogP contribution is 2.25. The van der Waals surface area contributed by atoms with Crippen molar-refractivity contribution in [3.05, 3.63) is 77.4 Å². The van der Waals surface area contributed by atoms with Crippen LogP contribution in [0.15, 0.2) is 72.1 Å². The highest BCUT2D eigenvalue weighted by Gasteiger charge is 2.25. The van der Waals surface area contributed by atoms with Crippen molar-refractivity contribution in [3.8, 4) is 0 Å². The topological polar surface area (TPSA) is 80.5 Å². The Morgan fingerprint density at radius 3 is 2.41 bits per heavy atom. The molecule has 0 saturated heterocycles. The Morgan fingerprint density at radius 1 is 1.14 bits per heavy atom. The Balaban J connectivity index is 2.52. The summed E-state index contributed by atoms with van der Waals surface area (Å²) in [6.07, 6.45) is 1.46. The van der Waals surface area contributed by atoms with Gasteiger partial charge in [-0.3, -0.25) is 14.4 Å². The summed E-state index contributed by atoms with van der Waals surface area (Å²) in [6, 6.07) is 13.5. The third-order valence-corrected chi connectivity index (χ3v) is 4.75. The van der Waals surface area contributed by atoms with Gasteiger partial charge in [0.2, 0.25) is 0 Å². The Labute approximate surface area is 128 Å². The molecule has 0 aromatic heterocycles. The van der Waals surface area contributed by atoms with Crippen LogP contribution in [0.5, 0.6) is 0 Å². The van der Waals surface area contributed by atoms with E-state index < -0.39 is 14.9 Å². The standard InChI is InChI=1S/C15H14N2O4S/c1-2-11-16(13-7-4-3-5-8-13)22(20,21)15-10-6-9-14(12-15)17(18)19/h2-10,12H,1,11H2. The molecule has 2 aromatic rings. The summed E-state index contributed by atoms with van der Waals surface area (Å²) >= 11 is 0. The second-order valence-corrected chi connectivity index (χ2v) is 6.28. The zero-order chi connectivity index (χ0) is 16.2. The van der Waals surface area contributed by atoms with Gasteiger partial charge in [0.1, 0.15) is 0 Å². The lowest BCUT2D eigenvalue weighted by molar-refractivity contribution is -0.385. The summed E-state index contributed by atoms with van der Waals surface area (Å²) in [6.45, 7) is 3.63. The maximum absolute atomic E-state index is 12.8. The lowest BCUT2D eigenvalue weighted by atomic mass is 10.3. The van der Waals surface area contributed by atoms with Crippen molar-refractivity contribution in [2.24, 2.45) is 0 Å². The average Bonchev–Trinajstić information content (AvgIpc) is 2.53. The normalized spacial score (nSPS) is 10.9. The third-order valence-electron chi connectivity index (χ3n) is 2.96. The van der Waals surface area contributed by atoms with Crippen molar-refractivity contribution in [1.29, 1.82) is 0 Å². The second-order valence-electron chi connectivity index (χ2n) is 4.41. The molecule has 0 spiro atoms. The van der Waals surface area contributed by atoms with E-state index in [1.165, 1.54) is 24.3 Å². The minimum atomic E-state index is -3.91. The van der Waals surface area contributed by atoms with Crippen molar-refractivity contribution >= 4 is 21.4 Å².